The summed E-state index contributed by atoms with van der Waals surface area (Å²) >= 11 is 0. The standard InChI is InChI=1S/C26H28N4O3/c1-17(2)24-21(20-8-5-6-9-22(20)32-4)14-19(15-27)25(28-24)29-11-12-30(18(3)16-29)26(31)23-10-7-13-33-23/h5-10,13-14,17-18H,11-12,16H2,1-4H3/t18-/m1/s1. The van der Waals surface area contributed by atoms with Gasteiger partial charge in [-0.3, -0.25) is 4.79 Å². The average molecular weight is 445 g/mol. The summed E-state index contributed by atoms with van der Waals surface area (Å²) in [5, 5.41) is 9.98. The number of hydrogen-bond acceptors (Lipinski definition) is 6. The minimum absolute atomic E-state index is 0.0545. The number of aromatic nitrogens is 1. The number of benzene rings is 1. The molecule has 7 heteroatoms. The monoisotopic (exact) mass is 444 g/mol. The number of furan rings is 1. The second kappa shape index (κ2) is 9.37. The summed E-state index contributed by atoms with van der Waals surface area (Å²) in [7, 11) is 1.64. The Bertz CT molecular complexity index is 1180. The molecule has 170 valence electrons. The molecule has 0 bridgehead atoms. The van der Waals surface area contributed by atoms with Crippen LogP contribution in [0.5, 0.6) is 5.75 Å². The predicted octanol–water partition coefficient (Wildman–Crippen LogP) is 4.70. The summed E-state index contributed by atoms with van der Waals surface area (Å²) in [5.74, 6) is 1.79. The topological polar surface area (TPSA) is 82.6 Å². The van der Waals surface area contributed by atoms with Crippen LogP contribution in [0.1, 0.15) is 48.5 Å². The number of hydrogen-bond donors (Lipinski definition) is 0. The summed E-state index contributed by atoms with van der Waals surface area (Å²) in [6, 6.07) is 15.4. The van der Waals surface area contributed by atoms with Crippen LogP contribution in [-0.2, 0) is 0 Å². The van der Waals surface area contributed by atoms with E-state index >= 15 is 0 Å². The van der Waals surface area contributed by atoms with Gasteiger partial charge in [0.1, 0.15) is 17.6 Å². The van der Waals surface area contributed by atoms with E-state index in [0.717, 1.165) is 22.6 Å². The molecule has 0 N–H and O–H groups in total. The van der Waals surface area contributed by atoms with Crippen LogP contribution in [0.15, 0.2) is 53.1 Å². The quantitative estimate of drug-likeness (QED) is 0.567. The fourth-order valence-electron chi connectivity index (χ4n) is 4.36. The van der Waals surface area contributed by atoms with Crippen molar-refractivity contribution in [2.45, 2.75) is 32.7 Å². The average Bonchev–Trinajstić information content (AvgIpc) is 3.37. The van der Waals surface area contributed by atoms with E-state index in [2.05, 4.69) is 24.8 Å². The van der Waals surface area contributed by atoms with Crippen LogP contribution in [0.4, 0.5) is 5.82 Å². The Morgan fingerprint density at radius 3 is 2.64 bits per heavy atom. The zero-order valence-corrected chi connectivity index (χ0v) is 19.4. The van der Waals surface area contributed by atoms with E-state index in [1.54, 1.807) is 19.2 Å². The second-order valence-corrected chi connectivity index (χ2v) is 8.53. The van der Waals surface area contributed by atoms with E-state index in [1.807, 2.05) is 42.2 Å². The van der Waals surface area contributed by atoms with E-state index in [0.29, 0.717) is 36.8 Å². The molecule has 1 amide bonds. The van der Waals surface area contributed by atoms with Gasteiger partial charge in [-0.15, -0.1) is 0 Å². The Morgan fingerprint density at radius 2 is 2.00 bits per heavy atom. The third-order valence-corrected chi connectivity index (χ3v) is 6.02. The van der Waals surface area contributed by atoms with Gasteiger partial charge in [-0.05, 0) is 37.1 Å². The molecule has 1 aromatic carbocycles. The highest BCUT2D eigenvalue weighted by Crippen LogP contribution is 2.37. The van der Waals surface area contributed by atoms with Gasteiger partial charge in [0.25, 0.3) is 5.91 Å². The normalized spacial score (nSPS) is 16.1. The number of rotatable bonds is 5. The molecule has 0 spiro atoms. The third-order valence-electron chi connectivity index (χ3n) is 6.02. The molecular formula is C26H28N4O3. The summed E-state index contributed by atoms with van der Waals surface area (Å²) in [4.78, 5) is 21.7. The number of carbonyl (C=O) groups excluding carboxylic acids is 1. The maximum Gasteiger partial charge on any atom is 0.289 e. The van der Waals surface area contributed by atoms with Crippen molar-refractivity contribution < 1.29 is 13.9 Å². The Hall–Kier alpha value is -3.79. The molecule has 0 aliphatic carbocycles. The number of nitrogens with zero attached hydrogens (tertiary/aromatic N) is 4. The molecule has 0 radical (unpaired) electrons. The molecule has 1 fully saturated rings. The number of methoxy groups -OCH3 is 1. The highest BCUT2D eigenvalue weighted by Gasteiger charge is 2.31. The number of nitriles is 1. The smallest absolute Gasteiger partial charge is 0.289 e. The van der Waals surface area contributed by atoms with E-state index < -0.39 is 0 Å². The van der Waals surface area contributed by atoms with Gasteiger partial charge in [0, 0.05) is 36.8 Å². The van der Waals surface area contributed by atoms with E-state index in [-0.39, 0.29) is 17.9 Å². The van der Waals surface area contributed by atoms with Crippen molar-refractivity contribution in [2.75, 3.05) is 31.6 Å². The van der Waals surface area contributed by atoms with Crippen LogP contribution in [0, 0.1) is 11.3 Å². The van der Waals surface area contributed by atoms with Crippen molar-refractivity contribution >= 4 is 11.7 Å². The zero-order valence-electron chi connectivity index (χ0n) is 19.4. The van der Waals surface area contributed by atoms with Crippen LogP contribution in [0.2, 0.25) is 0 Å². The molecular weight excluding hydrogens is 416 g/mol. The van der Waals surface area contributed by atoms with E-state index in [9.17, 15) is 10.1 Å². The summed E-state index contributed by atoms with van der Waals surface area (Å²) < 4.78 is 10.9. The number of para-hydroxylation sites is 1. The molecule has 1 aliphatic rings. The first kappa shape index (κ1) is 22.4. The number of carbonyl (C=O) groups is 1. The summed E-state index contributed by atoms with van der Waals surface area (Å²) in [5.41, 5.74) is 3.25. The van der Waals surface area contributed by atoms with Crippen molar-refractivity contribution in [1.82, 2.24) is 9.88 Å². The van der Waals surface area contributed by atoms with E-state index in [4.69, 9.17) is 14.1 Å². The van der Waals surface area contributed by atoms with Crippen molar-refractivity contribution in [2.24, 2.45) is 0 Å². The number of ether oxygens (including phenoxy) is 1. The maximum absolute atomic E-state index is 12.8. The predicted molar refractivity (Wildman–Crippen MR) is 126 cm³/mol. The van der Waals surface area contributed by atoms with Crippen LogP contribution in [-0.4, -0.2) is 48.6 Å². The van der Waals surface area contributed by atoms with Gasteiger partial charge in [0.2, 0.25) is 0 Å². The lowest BCUT2D eigenvalue weighted by Crippen LogP contribution is -2.54. The fraction of sp³-hybridized carbons (Fsp3) is 0.346. The molecule has 3 heterocycles. The third kappa shape index (κ3) is 4.29. The number of anilines is 1. The Labute approximate surface area is 194 Å². The van der Waals surface area contributed by atoms with Crippen molar-refractivity contribution in [3.8, 4) is 22.9 Å². The molecule has 1 aliphatic heterocycles. The highest BCUT2D eigenvalue weighted by atomic mass is 16.5. The molecule has 7 nitrogen and oxygen atoms in total. The lowest BCUT2D eigenvalue weighted by atomic mass is 9.95. The lowest BCUT2D eigenvalue weighted by molar-refractivity contribution is 0.0641. The van der Waals surface area contributed by atoms with Gasteiger partial charge in [-0.25, -0.2) is 4.98 Å². The molecule has 4 rings (SSSR count). The molecule has 2 aromatic heterocycles. The van der Waals surface area contributed by atoms with Crippen LogP contribution in [0.25, 0.3) is 11.1 Å². The summed E-state index contributed by atoms with van der Waals surface area (Å²) in [6.07, 6.45) is 1.51. The molecule has 0 saturated carbocycles. The fourth-order valence-corrected chi connectivity index (χ4v) is 4.36. The van der Waals surface area contributed by atoms with Crippen LogP contribution < -0.4 is 9.64 Å². The van der Waals surface area contributed by atoms with Crippen LogP contribution in [0.3, 0.4) is 0 Å². The maximum atomic E-state index is 12.8. The van der Waals surface area contributed by atoms with Crippen molar-refractivity contribution in [3.05, 3.63) is 65.7 Å². The Kier molecular flexibility index (Phi) is 6.36. The van der Waals surface area contributed by atoms with Gasteiger partial charge in [0.05, 0.1) is 24.6 Å². The highest BCUT2D eigenvalue weighted by molar-refractivity contribution is 5.92. The number of amides is 1. The minimum atomic E-state index is -0.116. The van der Waals surface area contributed by atoms with Gasteiger partial charge < -0.3 is 19.0 Å². The number of pyridine rings is 1. The van der Waals surface area contributed by atoms with Gasteiger partial charge in [-0.2, -0.15) is 5.26 Å². The molecule has 1 saturated heterocycles. The van der Waals surface area contributed by atoms with Gasteiger partial charge in [-0.1, -0.05) is 32.0 Å². The van der Waals surface area contributed by atoms with Crippen molar-refractivity contribution in [1.29, 1.82) is 5.26 Å². The minimum Gasteiger partial charge on any atom is -0.496 e. The number of piperazine rings is 1. The first-order chi connectivity index (χ1) is 15.9. The largest absolute Gasteiger partial charge is 0.496 e. The Morgan fingerprint density at radius 1 is 1.21 bits per heavy atom. The van der Waals surface area contributed by atoms with Crippen LogP contribution >= 0.6 is 0 Å². The van der Waals surface area contributed by atoms with E-state index in [1.165, 1.54) is 6.26 Å². The molecule has 0 unspecified atom stereocenters. The molecule has 3 aromatic rings. The SMILES string of the molecule is COc1ccccc1-c1cc(C#N)c(N2CCN(C(=O)c3ccco3)[C@H](C)C2)nc1C(C)C. The van der Waals surface area contributed by atoms with Gasteiger partial charge >= 0.3 is 0 Å². The lowest BCUT2D eigenvalue weighted by Gasteiger charge is -2.40. The zero-order chi connectivity index (χ0) is 23.5. The first-order valence-electron chi connectivity index (χ1n) is 11.1. The second-order valence-electron chi connectivity index (χ2n) is 8.53. The Balaban J connectivity index is 1.68. The molecule has 33 heavy (non-hydrogen) atoms. The summed E-state index contributed by atoms with van der Waals surface area (Å²) in [6.45, 7) is 7.90. The molecule has 1 atom stereocenters. The van der Waals surface area contributed by atoms with Gasteiger partial charge in [0.15, 0.2) is 5.76 Å². The van der Waals surface area contributed by atoms with Crippen molar-refractivity contribution in [3.63, 3.8) is 0 Å². The first-order valence-corrected chi connectivity index (χ1v) is 11.1.